The van der Waals surface area contributed by atoms with Gasteiger partial charge in [0.05, 0.1) is 0 Å². The zero-order valence-corrected chi connectivity index (χ0v) is 14.0. The van der Waals surface area contributed by atoms with Gasteiger partial charge in [-0.3, -0.25) is 0 Å². The van der Waals surface area contributed by atoms with Crippen LogP contribution in [0.25, 0.3) is 0 Å². The van der Waals surface area contributed by atoms with Crippen molar-refractivity contribution in [3.05, 3.63) is 33.8 Å². The highest BCUT2D eigenvalue weighted by molar-refractivity contribution is 6.35. The molecule has 1 aromatic carbocycles. The summed E-state index contributed by atoms with van der Waals surface area (Å²) in [6.07, 6.45) is 4.08. The fourth-order valence-corrected chi connectivity index (χ4v) is 5.25. The van der Waals surface area contributed by atoms with Gasteiger partial charge < -0.3 is 5.32 Å². The Bertz CT molecular complexity index is 501. The molecule has 110 valence electrons. The molecule has 2 aliphatic rings. The predicted octanol–water partition coefficient (Wildman–Crippen LogP) is 5.30. The zero-order valence-electron chi connectivity index (χ0n) is 12.5. The third-order valence-electron chi connectivity index (χ3n) is 5.81. The summed E-state index contributed by atoms with van der Waals surface area (Å²) in [7, 11) is 0. The van der Waals surface area contributed by atoms with Crippen LogP contribution in [0.2, 0.25) is 10.0 Å². The van der Waals surface area contributed by atoms with Gasteiger partial charge in [-0.25, -0.2) is 0 Å². The van der Waals surface area contributed by atoms with E-state index in [0.29, 0.717) is 16.9 Å². The third kappa shape index (κ3) is 2.19. The van der Waals surface area contributed by atoms with Gasteiger partial charge in [-0.2, -0.15) is 0 Å². The van der Waals surface area contributed by atoms with E-state index < -0.39 is 0 Å². The van der Waals surface area contributed by atoms with Gasteiger partial charge in [0.15, 0.2) is 0 Å². The summed E-state index contributed by atoms with van der Waals surface area (Å²) in [4.78, 5) is 0. The predicted molar refractivity (Wildman–Crippen MR) is 86.3 cm³/mol. The number of nitrogens with one attached hydrogen (secondary N) is 1. The van der Waals surface area contributed by atoms with Gasteiger partial charge in [-0.05, 0) is 48.1 Å². The molecule has 20 heavy (non-hydrogen) atoms. The topological polar surface area (TPSA) is 12.0 Å². The molecule has 0 aromatic heterocycles. The SMILES string of the molecule is CC12CCC(C1)C(C)(C)C2NCc1c(Cl)cccc1Cl. The first kappa shape index (κ1) is 14.7. The molecule has 0 spiro atoms. The molecule has 0 aliphatic heterocycles. The Morgan fingerprint density at radius 2 is 1.85 bits per heavy atom. The maximum absolute atomic E-state index is 6.28. The van der Waals surface area contributed by atoms with Crippen LogP contribution in [0, 0.1) is 16.7 Å². The van der Waals surface area contributed by atoms with Crippen molar-refractivity contribution >= 4 is 23.2 Å². The Morgan fingerprint density at radius 1 is 1.20 bits per heavy atom. The standard InChI is InChI=1S/C17H23Cl2N/c1-16(2)11-7-8-17(3,9-11)15(16)20-10-12-13(18)5-4-6-14(12)19/h4-6,11,15,20H,7-10H2,1-3H3. The largest absolute Gasteiger partial charge is 0.309 e. The smallest absolute Gasteiger partial charge is 0.0465 e. The first-order valence-corrected chi connectivity index (χ1v) is 8.26. The van der Waals surface area contributed by atoms with Crippen LogP contribution in [-0.2, 0) is 6.54 Å². The molecular weight excluding hydrogens is 289 g/mol. The van der Waals surface area contributed by atoms with Crippen LogP contribution >= 0.6 is 23.2 Å². The van der Waals surface area contributed by atoms with E-state index in [1.165, 1.54) is 19.3 Å². The normalized spacial score (nSPS) is 34.6. The van der Waals surface area contributed by atoms with Crippen molar-refractivity contribution in [2.45, 2.75) is 52.6 Å². The number of hydrogen-bond donors (Lipinski definition) is 1. The molecule has 1 N–H and O–H groups in total. The van der Waals surface area contributed by atoms with Gasteiger partial charge in [0.25, 0.3) is 0 Å². The Balaban J connectivity index is 1.79. The minimum absolute atomic E-state index is 0.362. The summed E-state index contributed by atoms with van der Waals surface area (Å²) in [5.74, 6) is 0.853. The van der Waals surface area contributed by atoms with Crippen molar-refractivity contribution in [1.82, 2.24) is 5.32 Å². The van der Waals surface area contributed by atoms with Crippen LogP contribution in [0.5, 0.6) is 0 Å². The summed E-state index contributed by atoms with van der Waals surface area (Å²) in [6, 6.07) is 6.27. The van der Waals surface area contributed by atoms with Crippen molar-refractivity contribution in [2.24, 2.45) is 16.7 Å². The lowest BCUT2D eigenvalue weighted by atomic mass is 9.68. The molecule has 3 unspecified atom stereocenters. The average Bonchev–Trinajstić information content (AvgIpc) is 2.83. The van der Waals surface area contributed by atoms with Gasteiger partial charge in [0.2, 0.25) is 0 Å². The van der Waals surface area contributed by atoms with E-state index in [9.17, 15) is 0 Å². The molecule has 1 nitrogen and oxygen atoms in total. The van der Waals surface area contributed by atoms with Crippen LogP contribution in [0.15, 0.2) is 18.2 Å². The van der Waals surface area contributed by atoms with E-state index in [0.717, 1.165) is 28.1 Å². The van der Waals surface area contributed by atoms with Crippen molar-refractivity contribution in [2.75, 3.05) is 0 Å². The van der Waals surface area contributed by atoms with Gasteiger partial charge >= 0.3 is 0 Å². The zero-order chi connectivity index (χ0) is 14.5. The van der Waals surface area contributed by atoms with Crippen LogP contribution in [-0.4, -0.2) is 6.04 Å². The summed E-state index contributed by atoms with van der Waals surface area (Å²) in [6.45, 7) is 8.02. The van der Waals surface area contributed by atoms with E-state index >= 15 is 0 Å². The molecule has 3 atom stereocenters. The number of fused-ring (bicyclic) bond motifs is 2. The van der Waals surface area contributed by atoms with Crippen LogP contribution in [0.1, 0.15) is 45.6 Å². The molecule has 2 aliphatic carbocycles. The lowest BCUT2D eigenvalue weighted by Crippen LogP contribution is -2.49. The maximum atomic E-state index is 6.28. The second-order valence-electron chi connectivity index (χ2n) is 7.43. The summed E-state index contributed by atoms with van der Waals surface area (Å²) < 4.78 is 0. The molecule has 0 radical (unpaired) electrons. The van der Waals surface area contributed by atoms with Crippen molar-refractivity contribution < 1.29 is 0 Å². The van der Waals surface area contributed by atoms with Crippen molar-refractivity contribution in [3.8, 4) is 0 Å². The van der Waals surface area contributed by atoms with Gasteiger partial charge in [0, 0.05) is 28.2 Å². The van der Waals surface area contributed by atoms with E-state index in [1.54, 1.807) is 0 Å². The lowest BCUT2D eigenvalue weighted by Gasteiger charge is -2.43. The molecule has 0 heterocycles. The molecule has 1 aromatic rings. The van der Waals surface area contributed by atoms with E-state index in [1.807, 2.05) is 18.2 Å². The van der Waals surface area contributed by atoms with Gasteiger partial charge in [-0.1, -0.05) is 50.0 Å². The summed E-state index contributed by atoms with van der Waals surface area (Å²) >= 11 is 12.6. The average molecular weight is 312 g/mol. The number of benzene rings is 1. The van der Waals surface area contributed by atoms with Crippen LogP contribution < -0.4 is 5.32 Å². The fraction of sp³-hybridized carbons (Fsp3) is 0.647. The highest BCUT2D eigenvalue weighted by atomic mass is 35.5. The Kier molecular flexibility index (Phi) is 3.60. The monoisotopic (exact) mass is 311 g/mol. The molecule has 0 saturated heterocycles. The van der Waals surface area contributed by atoms with E-state index in [2.05, 4.69) is 26.1 Å². The molecular formula is C17H23Cl2N. The Morgan fingerprint density at radius 3 is 2.40 bits per heavy atom. The highest BCUT2D eigenvalue weighted by Crippen LogP contribution is 2.62. The summed E-state index contributed by atoms with van der Waals surface area (Å²) in [5.41, 5.74) is 1.82. The van der Waals surface area contributed by atoms with E-state index in [-0.39, 0.29) is 0 Å². The quantitative estimate of drug-likeness (QED) is 0.799. The molecule has 2 saturated carbocycles. The first-order chi connectivity index (χ1) is 9.34. The minimum Gasteiger partial charge on any atom is -0.309 e. The van der Waals surface area contributed by atoms with Crippen molar-refractivity contribution in [3.63, 3.8) is 0 Å². The first-order valence-electron chi connectivity index (χ1n) is 7.51. The molecule has 2 fully saturated rings. The Labute approximate surface area is 132 Å². The van der Waals surface area contributed by atoms with Crippen LogP contribution in [0.3, 0.4) is 0 Å². The number of hydrogen-bond acceptors (Lipinski definition) is 1. The molecule has 3 rings (SSSR count). The second-order valence-corrected chi connectivity index (χ2v) is 8.24. The molecule has 2 bridgehead atoms. The lowest BCUT2D eigenvalue weighted by molar-refractivity contribution is 0.108. The number of halogens is 2. The maximum Gasteiger partial charge on any atom is 0.0465 e. The fourth-order valence-electron chi connectivity index (χ4n) is 4.72. The third-order valence-corrected chi connectivity index (χ3v) is 6.52. The molecule has 3 heteroatoms. The Hall–Kier alpha value is -0.240. The van der Waals surface area contributed by atoms with Crippen molar-refractivity contribution in [1.29, 1.82) is 0 Å². The summed E-state index contributed by atoms with van der Waals surface area (Å²) in [5, 5.41) is 5.29. The van der Waals surface area contributed by atoms with E-state index in [4.69, 9.17) is 23.2 Å². The highest BCUT2D eigenvalue weighted by Gasteiger charge is 2.58. The van der Waals surface area contributed by atoms with Gasteiger partial charge in [-0.15, -0.1) is 0 Å². The number of rotatable bonds is 3. The molecule has 0 amide bonds. The second kappa shape index (κ2) is 4.90. The van der Waals surface area contributed by atoms with Gasteiger partial charge in [0.1, 0.15) is 0 Å². The van der Waals surface area contributed by atoms with Crippen LogP contribution in [0.4, 0.5) is 0 Å². The minimum atomic E-state index is 0.362.